The van der Waals surface area contributed by atoms with Gasteiger partial charge < -0.3 is 4.74 Å². The van der Waals surface area contributed by atoms with Crippen LogP contribution in [0.25, 0.3) is 0 Å². The van der Waals surface area contributed by atoms with Crippen LogP contribution in [0, 0.1) is 0 Å². The van der Waals surface area contributed by atoms with Gasteiger partial charge in [0, 0.05) is 0 Å². The summed E-state index contributed by atoms with van der Waals surface area (Å²) in [5.41, 5.74) is 2.29. The van der Waals surface area contributed by atoms with Crippen LogP contribution in [0.2, 0.25) is 0 Å². The summed E-state index contributed by atoms with van der Waals surface area (Å²) < 4.78 is 30.5. The first-order valence-electron chi connectivity index (χ1n) is 5.71. The third-order valence-electron chi connectivity index (χ3n) is 3.01. The van der Waals surface area contributed by atoms with Gasteiger partial charge in [0.2, 0.25) is 10.0 Å². The maximum Gasteiger partial charge on any atom is 0.320 e. The molecule has 0 amide bonds. The molecule has 18 heavy (non-hydrogen) atoms. The third kappa shape index (κ3) is 2.70. The van der Waals surface area contributed by atoms with E-state index in [0.29, 0.717) is 0 Å². The van der Waals surface area contributed by atoms with Crippen molar-refractivity contribution in [3.63, 3.8) is 0 Å². The predicted molar refractivity (Wildman–Crippen MR) is 65.7 cm³/mol. The monoisotopic (exact) mass is 269 g/mol. The van der Waals surface area contributed by atoms with Gasteiger partial charge in [-0.15, -0.1) is 0 Å². The standard InChI is InChI=1S/C12H15NO4S/c1-17-12(14)8-13-18(15,16)11-6-5-9-3-2-4-10(9)7-11/h5-7,13H,2-4,8H2,1H3. The van der Waals surface area contributed by atoms with Gasteiger partial charge >= 0.3 is 5.97 Å². The minimum Gasteiger partial charge on any atom is -0.468 e. The first kappa shape index (κ1) is 13.0. The van der Waals surface area contributed by atoms with Crippen molar-refractivity contribution in [2.24, 2.45) is 0 Å². The van der Waals surface area contributed by atoms with Gasteiger partial charge in [-0.1, -0.05) is 6.07 Å². The van der Waals surface area contributed by atoms with E-state index in [-0.39, 0.29) is 11.4 Å². The van der Waals surface area contributed by atoms with E-state index in [2.05, 4.69) is 9.46 Å². The predicted octanol–water partition coefficient (Wildman–Crippen LogP) is 0.627. The number of hydrogen-bond donors (Lipinski definition) is 1. The number of ether oxygens (including phenoxy) is 1. The van der Waals surface area contributed by atoms with Gasteiger partial charge in [-0.3, -0.25) is 4.79 Å². The number of aryl methyl sites for hydroxylation is 2. The minimum atomic E-state index is -3.64. The second-order valence-electron chi connectivity index (χ2n) is 4.18. The van der Waals surface area contributed by atoms with Gasteiger partial charge in [-0.25, -0.2) is 8.42 Å². The first-order valence-corrected chi connectivity index (χ1v) is 7.19. The molecule has 0 spiro atoms. The molecule has 0 saturated heterocycles. The second-order valence-corrected chi connectivity index (χ2v) is 5.95. The Bertz CT molecular complexity index is 565. The Morgan fingerprint density at radius 2 is 2.06 bits per heavy atom. The molecule has 1 aromatic carbocycles. The van der Waals surface area contributed by atoms with Gasteiger partial charge in [0.1, 0.15) is 6.54 Å². The van der Waals surface area contributed by atoms with Crippen molar-refractivity contribution in [3.8, 4) is 0 Å². The topological polar surface area (TPSA) is 72.5 Å². The van der Waals surface area contributed by atoms with Crippen LogP contribution < -0.4 is 4.72 Å². The van der Waals surface area contributed by atoms with E-state index in [9.17, 15) is 13.2 Å². The van der Waals surface area contributed by atoms with Gasteiger partial charge in [0.15, 0.2) is 0 Å². The Labute approximate surface area is 106 Å². The highest BCUT2D eigenvalue weighted by Gasteiger charge is 2.19. The fraction of sp³-hybridized carbons (Fsp3) is 0.417. The molecule has 1 aliphatic rings. The highest BCUT2D eigenvalue weighted by atomic mass is 32.2. The molecule has 0 fully saturated rings. The Morgan fingerprint density at radius 1 is 1.33 bits per heavy atom. The smallest absolute Gasteiger partial charge is 0.320 e. The van der Waals surface area contributed by atoms with Crippen LogP contribution in [-0.2, 0) is 32.4 Å². The van der Waals surface area contributed by atoms with E-state index < -0.39 is 16.0 Å². The Morgan fingerprint density at radius 3 is 2.78 bits per heavy atom. The Balaban J connectivity index is 2.17. The van der Waals surface area contributed by atoms with Crippen LogP contribution in [0.4, 0.5) is 0 Å². The first-order chi connectivity index (χ1) is 8.53. The Kier molecular flexibility index (Phi) is 3.68. The minimum absolute atomic E-state index is 0.201. The maximum absolute atomic E-state index is 11.9. The number of nitrogens with one attached hydrogen (secondary N) is 1. The molecule has 0 bridgehead atoms. The lowest BCUT2D eigenvalue weighted by atomic mass is 10.1. The lowest BCUT2D eigenvalue weighted by Crippen LogP contribution is -2.30. The van der Waals surface area contributed by atoms with E-state index in [1.54, 1.807) is 12.1 Å². The molecule has 0 heterocycles. The van der Waals surface area contributed by atoms with Crippen molar-refractivity contribution >= 4 is 16.0 Å². The molecule has 0 unspecified atom stereocenters. The summed E-state index contributed by atoms with van der Waals surface area (Å²) in [6, 6.07) is 5.10. The van der Waals surface area contributed by atoms with Crippen LogP contribution in [0.5, 0.6) is 0 Å². The van der Waals surface area contributed by atoms with Crippen molar-refractivity contribution in [2.45, 2.75) is 24.2 Å². The third-order valence-corrected chi connectivity index (χ3v) is 4.41. The maximum atomic E-state index is 11.9. The highest BCUT2D eigenvalue weighted by Crippen LogP contribution is 2.24. The van der Waals surface area contributed by atoms with Crippen LogP contribution in [0.3, 0.4) is 0 Å². The number of methoxy groups -OCH3 is 1. The van der Waals surface area contributed by atoms with Crippen molar-refractivity contribution in [1.82, 2.24) is 4.72 Å². The summed E-state index contributed by atoms with van der Waals surface area (Å²) in [4.78, 5) is 11.1. The summed E-state index contributed by atoms with van der Waals surface area (Å²) in [6.45, 7) is -0.351. The normalized spacial score (nSPS) is 14.3. The summed E-state index contributed by atoms with van der Waals surface area (Å²) in [5, 5.41) is 0. The molecule has 6 heteroatoms. The van der Waals surface area contributed by atoms with Crippen LogP contribution >= 0.6 is 0 Å². The molecule has 1 aromatic rings. The van der Waals surface area contributed by atoms with Crippen molar-refractivity contribution in [1.29, 1.82) is 0 Å². The molecular formula is C12H15NO4S. The fourth-order valence-corrected chi connectivity index (χ4v) is 3.04. The molecule has 0 aromatic heterocycles. The molecule has 0 atom stereocenters. The van der Waals surface area contributed by atoms with Gasteiger partial charge in [0.05, 0.1) is 12.0 Å². The quantitative estimate of drug-likeness (QED) is 0.814. The fourth-order valence-electron chi connectivity index (χ4n) is 2.02. The van der Waals surface area contributed by atoms with Crippen LogP contribution in [-0.4, -0.2) is 28.0 Å². The molecule has 2 rings (SSSR count). The molecular weight excluding hydrogens is 254 g/mol. The van der Waals surface area contributed by atoms with E-state index in [1.165, 1.54) is 12.7 Å². The van der Waals surface area contributed by atoms with Gasteiger partial charge in [0.25, 0.3) is 0 Å². The average molecular weight is 269 g/mol. The summed E-state index contributed by atoms with van der Waals surface area (Å²) in [5.74, 6) is -0.611. The number of esters is 1. The summed E-state index contributed by atoms with van der Waals surface area (Å²) >= 11 is 0. The number of benzene rings is 1. The van der Waals surface area contributed by atoms with Gasteiger partial charge in [-0.05, 0) is 42.5 Å². The summed E-state index contributed by atoms with van der Waals surface area (Å²) in [7, 11) is -2.42. The van der Waals surface area contributed by atoms with E-state index >= 15 is 0 Å². The highest BCUT2D eigenvalue weighted by molar-refractivity contribution is 7.89. The zero-order valence-corrected chi connectivity index (χ0v) is 10.9. The number of sulfonamides is 1. The molecule has 0 radical (unpaired) electrons. The zero-order chi connectivity index (χ0) is 13.2. The van der Waals surface area contributed by atoms with Gasteiger partial charge in [-0.2, -0.15) is 4.72 Å². The lowest BCUT2D eigenvalue weighted by molar-refractivity contribution is -0.139. The van der Waals surface area contributed by atoms with E-state index in [1.807, 2.05) is 6.07 Å². The largest absolute Gasteiger partial charge is 0.468 e. The lowest BCUT2D eigenvalue weighted by Gasteiger charge is -2.07. The SMILES string of the molecule is COC(=O)CNS(=O)(=O)c1ccc2c(c1)CCC2. The zero-order valence-electron chi connectivity index (χ0n) is 10.1. The summed E-state index contributed by atoms with van der Waals surface area (Å²) in [6.07, 6.45) is 2.98. The van der Waals surface area contributed by atoms with E-state index in [4.69, 9.17) is 0 Å². The molecule has 0 saturated carbocycles. The van der Waals surface area contributed by atoms with Crippen LogP contribution in [0.1, 0.15) is 17.5 Å². The number of hydrogen-bond acceptors (Lipinski definition) is 4. The van der Waals surface area contributed by atoms with Crippen molar-refractivity contribution < 1.29 is 17.9 Å². The van der Waals surface area contributed by atoms with Crippen molar-refractivity contribution in [2.75, 3.05) is 13.7 Å². The molecule has 5 nitrogen and oxygen atoms in total. The number of carbonyl (C=O) groups excluding carboxylic acids is 1. The van der Waals surface area contributed by atoms with Crippen molar-refractivity contribution in [3.05, 3.63) is 29.3 Å². The molecule has 1 N–H and O–H groups in total. The molecule has 0 aliphatic heterocycles. The number of fused-ring (bicyclic) bond motifs is 1. The van der Waals surface area contributed by atoms with E-state index in [0.717, 1.165) is 24.8 Å². The second kappa shape index (κ2) is 5.07. The average Bonchev–Trinajstić information content (AvgIpc) is 2.83. The Hall–Kier alpha value is -1.40. The molecule has 98 valence electrons. The molecule has 1 aliphatic carbocycles. The number of rotatable bonds is 4. The van der Waals surface area contributed by atoms with Crippen LogP contribution in [0.15, 0.2) is 23.1 Å². The number of carbonyl (C=O) groups is 1.